The lowest BCUT2D eigenvalue weighted by atomic mass is 10.0. The molecule has 0 saturated heterocycles. The normalized spacial score (nSPS) is 12.1. The number of aromatic amines is 1. The van der Waals surface area contributed by atoms with Crippen LogP contribution in [0.2, 0.25) is 5.02 Å². The molecule has 0 aliphatic heterocycles. The first-order valence-electron chi connectivity index (χ1n) is 11.1. The van der Waals surface area contributed by atoms with Crippen LogP contribution in [0.15, 0.2) is 77.5 Å². The van der Waals surface area contributed by atoms with E-state index in [1.54, 1.807) is 48.7 Å². The molecule has 5 aromatic rings. The number of H-pyrrole nitrogens is 1. The van der Waals surface area contributed by atoms with Gasteiger partial charge in [-0.25, -0.2) is 13.8 Å². The molecule has 36 heavy (non-hydrogen) atoms. The molecule has 1 unspecified atom stereocenters. The summed E-state index contributed by atoms with van der Waals surface area (Å²) in [6, 6.07) is 14.2. The molecule has 0 aliphatic rings. The van der Waals surface area contributed by atoms with Crippen molar-refractivity contribution in [1.82, 2.24) is 15.3 Å². The first-order chi connectivity index (χ1) is 17.3. The Morgan fingerprint density at radius 1 is 1.08 bits per heavy atom. The maximum Gasteiger partial charge on any atom is 0.226 e. The highest BCUT2D eigenvalue weighted by molar-refractivity contribution is 6.30. The molecular formula is C27H20ClF2N3O3. The maximum absolute atomic E-state index is 13.8. The van der Waals surface area contributed by atoms with Crippen LogP contribution in [-0.4, -0.2) is 21.0 Å². The second-order valence-electron chi connectivity index (χ2n) is 8.40. The Hall–Kier alpha value is -4.17. The molecule has 9 heteroatoms. The topological polar surface area (TPSA) is 91.2 Å². The number of phenols is 1. The average Bonchev–Trinajstić information content (AvgIpc) is 3.46. The van der Waals surface area contributed by atoms with Gasteiger partial charge in [0, 0.05) is 40.2 Å². The van der Waals surface area contributed by atoms with Crippen LogP contribution in [0.4, 0.5) is 8.78 Å². The molecule has 5 rings (SSSR count). The third kappa shape index (κ3) is 5.23. The van der Waals surface area contributed by atoms with E-state index < -0.39 is 17.7 Å². The number of nitrogens with zero attached hydrogens (tertiary/aromatic N) is 1. The van der Waals surface area contributed by atoms with Gasteiger partial charge >= 0.3 is 0 Å². The fourth-order valence-corrected chi connectivity index (χ4v) is 4.22. The van der Waals surface area contributed by atoms with E-state index in [4.69, 9.17) is 16.0 Å². The second kappa shape index (κ2) is 9.83. The van der Waals surface area contributed by atoms with Crippen LogP contribution in [0, 0.1) is 11.6 Å². The van der Waals surface area contributed by atoms with Gasteiger partial charge in [-0.15, -0.1) is 0 Å². The van der Waals surface area contributed by atoms with E-state index in [1.165, 1.54) is 18.3 Å². The molecule has 3 aromatic carbocycles. The van der Waals surface area contributed by atoms with Crippen molar-refractivity contribution in [3.8, 4) is 17.2 Å². The fourth-order valence-electron chi connectivity index (χ4n) is 4.09. The highest BCUT2D eigenvalue weighted by atomic mass is 35.5. The summed E-state index contributed by atoms with van der Waals surface area (Å²) in [6.07, 6.45) is 3.27. The van der Waals surface area contributed by atoms with Crippen LogP contribution >= 0.6 is 11.6 Å². The van der Waals surface area contributed by atoms with E-state index in [0.717, 1.165) is 17.0 Å². The quantitative estimate of drug-likeness (QED) is 0.248. The predicted molar refractivity (Wildman–Crippen MR) is 132 cm³/mol. The first kappa shape index (κ1) is 23.6. The minimum atomic E-state index is -0.745. The molecule has 0 spiro atoms. The Bertz CT molecular complexity index is 1530. The average molecular weight is 508 g/mol. The third-order valence-electron chi connectivity index (χ3n) is 5.76. The Kier molecular flexibility index (Phi) is 6.43. The van der Waals surface area contributed by atoms with Crippen molar-refractivity contribution < 1.29 is 23.1 Å². The minimum absolute atomic E-state index is 0.00957. The summed E-state index contributed by atoms with van der Waals surface area (Å²) in [5.74, 6) is -1.04. The van der Waals surface area contributed by atoms with Gasteiger partial charge in [0.25, 0.3) is 0 Å². The summed E-state index contributed by atoms with van der Waals surface area (Å²) in [7, 11) is 0. The molecule has 0 aliphatic carbocycles. The van der Waals surface area contributed by atoms with Crippen molar-refractivity contribution in [3.05, 3.63) is 107 Å². The molecule has 0 radical (unpaired) electrons. The highest BCUT2D eigenvalue weighted by Crippen LogP contribution is 2.27. The molecule has 0 fully saturated rings. The van der Waals surface area contributed by atoms with Crippen LogP contribution in [0.25, 0.3) is 22.4 Å². The lowest BCUT2D eigenvalue weighted by Gasteiger charge is -2.17. The lowest BCUT2D eigenvalue weighted by molar-refractivity contribution is -0.121. The smallest absolute Gasteiger partial charge is 0.226 e. The first-order valence-corrected chi connectivity index (χ1v) is 11.5. The number of carbonyl (C=O) groups excluding carboxylic acids is 1. The third-order valence-corrected chi connectivity index (χ3v) is 6.01. The molecule has 0 saturated carbocycles. The number of amides is 1. The molecule has 3 N–H and O–H groups in total. The SMILES string of the molecule is O=C(Cc1c[nH]c2ccc(O)cc12)NC(Cc1cc(F)cc(F)c1)c1cnc(-c2ccc(Cl)cc2)o1. The standard InChI is InChI=1S/C27H20ClF2N3O3/c28-18-3-1-16(2-4-18)27-32-14-25(36-27)24(9-15-7-19(29)11-20(30)8-15)33-26(35)10-17-13-31-23-6-5-21(34)12-22(17)23/h1-8,11-14,24,31,34H,9-10H2,(H,33,35). The number of hydrogen-bond acceptors (Lipinski definition) is 4. The number of hydrogen-bond donors (Lipinski definition) is 3. The Morgan fingerprint density at radius 3 is 2.58 bits per heavy atom. The summed E-state index contributed by atoms with van der Waals surface area (Å²) in [5, 5.41) is 14.0. The van der Waals surface area contributed by atoms with Crippen LogP contribution < -0.4 is 5.32 Å². The Balaban J connectivity index is 1.42. The number of nitrogens with one attached hydrogen (secondary N) is 2. The maximum atomic E-state index is 13.8. The zero-order chi connectivity index (χ0) is 25.2. The van der Waals surface area contributed by atoms with Gasteiger partial charge in [-0.1, -0.05) is 11.6 Å². The zero-order valence-electron chi connectivity index (χ0n) is 18.8. The van der Waals surface area contributed by atoms with Gasteiger partial charge in [-0.2, -0.15) is 0 Å². The van der Waals surface area contributed by atoms with Crippen molar-refractivity contribution in [1.29, 1.82) is 0 Å². The van der Waals surface area contributed by atoms with Crippen LogP contribution in [0.5, 0.6) is 5.75 Å². The van der Waals surface area contributed by atoms with Crippen LogP contribution in [-0.2, 0) is 17.6 Å². The zero-order valence-corrected chi connectivity index (χ0v) is 19.5. The molecule has 2 heterocycles. The Labute approximate surface area is 209 Å². The van der Waals surface area contributed by atoms with E-state index in [0.29, 0.717) is 33.4 Å². The number of rotatable bonds is 7. The van der Waals surface area contributed by atoms with E-state index in [-0.39, 0.29) is 24.5 Å². The highest BCUT2D eigenvalue weighted by Gasteiger charge is 2.22. The number of fused-ring (bicyclic) bond motifs is 1. The van der Waals surface area contributed by atoms with Crippen molar-refractivity contribution in [2.45, 2.75) is 18.9 Å². The van der Waals surface area contributed by atoms with Gasteiger partial charge in [0.1, 0.15) is 23.1 Å². The summed E-state index contributed by atoms with van der Waals surface area (Å²) in [6.45, 7) is 0. The molecule has 182 valence electrons. The van der Waals surface area contributed by atoms with Gasteiger partial charge in [-0.3, -0.25) is 4.79 Å². The van der Waals surface area contributed by atoms with Gasteiger partial charge < -0.3 is 19.8 Å². The second-order valence-corrected chi connectivity index (χ2v) is 8.83. The summed E-state index contributed by atoms with van der Waals surface area (Å²) in [5.41, 5.74) is 2.50. The molecule has 2 aromatic heterocycles. The monoisotopic (exact) mass is 507 g/mol. The van der Waals surface area contributed by atoms with Gasteiger partial charge in [0.2, 0.25) is 11.8 Å². The van der Waals surface area contributed by atoms with Crippen LogP contribution in [0.1, 0.15) is 22.9 Å². The number of aromatic hydroxyl groups is 1. The molecule has 0 bridgehead atoms. The van der Waals surface area contributed by atoms with Gasteiger partial charge in [0.05, 0.1) is 18.7 Å². The van der Waals surface area contributed by atoms with Gasteiger partial charge in [-0.05, 0) is 65.7 Å². The molecule has 1 atom stereocenters. The minimum Gasteiger partial charge on any atom is -0.508 e. The fraction of sp³-hybridized carbons (Fsp3) is 0.111. The van der Waals surface area contributed by atoms with Crippen molar-refractivity contribution in [2.24, 2.45) is 0 Å². The summed E-state index contributed by atoms with van der Waals surface area (Å²) in [4.78, 5) is 20.4. The number of phenolic OH excluding ortho intramolecular Hbond substituents is 1. The lowest BCUT2D eigenvalue weighted by Crippen LogP contribution is -2.31. The van der Waals surface area contributed by atoms with E-state index in [2.05, 4.69) is 15.3 Å². The molecule has 1 amide bonds. The number of benzene rings is 3. The van der Waals surface area contributed by atoms with E-state index in [9.17, 15) is 18.7 Å². The van der Waals surface area contributed by atoms with E-state index >= 15 is 0 Å². The number of halogens is 3. The van der Waals surface area contributed by atoms with Gasteiger partial charge in [0.15, 0.2) is 0 Å². The largest absolute Gasteiger partial charge is 0.508 e. The number of oxazole rings is 1. The summed E-state index contributed by atoms with van der Waals surface area (Å²) >= 11 is 5.96. The Morgan fingerprint density at radius 2 is 1.83 bits per heavy atom. The number of aromatic nitrogens is 2. The molecular weight excluding hydrogens is 488 g/mol. The van der Waals surface area contributed by atoms with Crippen molar-refractivity contribution in [2.75, 3.05) is 0 Å². The van der Waals surface area contributed by atoms with Crippen LogP contribution in [0.3, 0.4) is 0 Å². The number of carbonyl (C=O) groups is 1. The van der Waals surface area contributed by atoms with Crippen molar-refractivity contribution >= 4 is 28.4 Å². The predicted octanol–water partition coefficient (Wildman–Crippen LogP) is 6.10. The van der Waals surface area contributed by atoms with E-state index in [1.807, 2.05) is 0 Å². The summed E-state index contributed by atoms with van der Waals surface area (Å²) < 4.78 is 33.6. The molecule has 6 nitrogen and oxygen atoms in total. The van der Waals surface area contributed by atoms with Crippen molar-refractivity contribution in [3.63, 3.8) is 0 Å².